The maximum absolute atomic E-state index is 13.7. The van der Waals surface area contributed by atoms with E-state index in [0.29, 0.717) is 83.8 Å². The maximum Gasteiger partial charge on any atom is 0.264 e. The monoisotopic (exact) mass is 566 g/mol. The molecule has 0 unspecified atom stereocenters. The number of fused-ring (bicyclic) bond motifs is 2. The number of nitrogens with zero attached hydrogens (tertiary/aromatic N) is 2. The van der Waals surface area contributed by atoms with Gasteiger partial charge in [0.2, 0.25) is 0 Å². The van der Waals surface area contributed by atoms with Crippen LogP contribution in [-0.2, 0) is 26.0 Å². The van der Waals surface area contributed by atoms with E-state index in [1.54, 1.807) is 29.2 Å². The van der Waals surface area contributed by atoms with E-state index in [0.717, 1.165) is 11.1 Å². The first kappa shape index (κ1) is 25.7. The van der Waals surface area contributed by atoms with Crippen molar-refractivity contribution in [1.82, 2.24) is 9.88 Å². The summed E-state index contributed by atoms with van der Waals surface area (Å²) in [5.74, 6) is -0.421. The highest BCUT2D eigenvalue weighted by Crippen LogP contribution is 2.39. The van der Waals surface area contributed by atoms with Crippen LogP contribution in [0, 0.1) is 13.8 Å². The molecule has 0 bridgehead atoms. The number of rotatable bonds is 4. The normalized spacial score (nSPS) is 17.9. The number of morpholine rings is 1. The molecule has 1 saturated heterocycles. The molecule has 3 aliphatic rings. The zero-order valence-corrected chi connectivity index (χ0v) is 23.1. The smallest absolute Gasteiger partial charge is 0.264 e. The fourth-order valence-corrected chi connectivity index (χ4v) is 7.17. The number of halogens is 1. The Hall–Kier alpha value is -3.60. The van der Waals surface area contributed by atoms with Crippen LogP contribution in [0.25, 0.3) is 11.6 Å². The van der Waals surface area contributed by atoms with Gasteiger partial charge in [-0.05, 0) is 67.8 Å². The van der Waals surface area contributed by atoms with Crippen LogP contribution in [0.1, 0.15) is 38.4 Å². The van der Waals surface area contributed by atoms with E-state index < -0.39 is 10.0 Å². The average Bonchev–Trinajstić information content (AvgIpc) is 3.57. The largest absolute Gasteiger partial charge is 0.378 e. The van der Waals surface area contributed by atoms with Gasteiger partial charge in [-0.2, -0.15) is 0 Å². The standard InChI is InChI=1S/C28H27ClN4O5S/c1-16-24(30-17(2)26(16)28(35)32-9-11-38-12-10-32)15-22-21-14-20(5-6-23(21)31-27(22)34)39(36,37)33-8-7-18-3-4-19(29)13-25(18)33/h3-6,13-15,30H,7-12H2,1-2H3,(H,31,34). The van der Waals surface area contributed by atoms with Gasteiger partial charge < -0.3 is 19.9 Å². The summed E-state index contributed by atoms with van der Waals surface area (Å²) < 4.78 is 34.1. The van der Waals surface area contributed by atoms with E-state index >= 15 is 0 Å². The van der Waals surface area contributed by atoms with Crippen LogP contribution < -0.4 is 9.62 Å². The van der Waals surface area contributed by atoms with Gasteiger partial charge in [-0.3, -0.25) is 13.9 Å². The molecule has 1 aromatic heterocycles. The van der Waals surface area contributed by atoms with E-state index in [-0.39, 0.29) is 16.7 Å². The first-order valence-corrected chi connectivity index (χ1v) is 14.5. The highest BCUT2D eigenvalue weighted by Gasteiger charge is 2.34. The minimum Gasteiger partial charge on any atom is -0.378 e. The molecule has 0 aliphatic carbocycles. The predicted octanol–water partition coefficient (Wildman–Crippen LogP) is 4.00. The number of aromatic nitrogens is 1. The molecule has 9 nitrogen and oxygen atoms in total. The topological polar surface area (TPSA) is 112 Å². The molecule has 0 radical (unpaired) electrons. The first-order valence-electron chi connectivity index (χ1n) is 12.7. The van der Waals surface area contributed by atoms with Gasteiger partial charge in [0.25, 0.3) is 21.8 Å². The van der Waals surface area contributed by atoms with Gasteiger partial charge in [0.1, 0.15) is 0 Å². The number of nitrogens with one attached hydrogen (secondary N) is 2. The summed E-state index contributed by atoms with van der Waals surface area (Å²) in [5, 5.41) is 3.28. The quantitative estimate of drug-likeness (QED) is 0.464. The predicted molar refractivity (Wildman–Crippen MR) is 150 cm³/mol. The number of carbonyl (C=O) groups is 2. The minimum atomic E-state index is -3.90. The molecular weight excluding hydrogens is 540 g/mol. The lowest BCUT2D eigenvalue weighted by molar-refractivity contribution is -0.110. The number of ether oxygens (including phenoxy) is 1. The van der Waals surface area contributed by atoms with E-state index in [1.165, 1.54) is 16.4 Å². The molecule has 202 valence electrons. The van der Waals surface area contributed by atoms with Crippen molar-refractivity contribution in [3.63, 3.8) is 0 Å². The minimum absolute atomic E-state index is 0.0788. The van der Waals surface area contributed by atoms with Crippen molar-refractivity contribution in [1.29, 1.82) is 0 Å². The second-order valence-electron chi connectivity index (χ2n) is 9.89. The Morgan fingerprint density at radius 3 is 2.62 bits per heavy atom. The van der Waals surface area contributed by atoms with Crippen LogP contribution in [0.2, 0.25) is 5.02 Å². The Balaban J connectivity index is 1.36. The van der Waals surface area contributed by atoms with Gasteiger partial charge in [-0.1, -0.05) is 17.7 Å². The maximum atomic E-state index is 13.7. The Morgan fingerprint density at radius 2 is 1.85 bits per heavy atom. The van der Waals surface area contributed by atoms with Crippen molar-refractivity contribution in [2.45, 2.75) is 25.2 Å². The number of hydrogen-bond donors (Lipinski definition) is 2. The average molecular weight is 567 g/mol. The molecule has 0 spiro atoms. The molecule has 6 rings (SSSR count). The number of carbonyl (C=O) groups excluding carboxylic acids is 2. The van der Waals surface area contributed by atoms with Crippen molar-refractivity contribution < 1.29 is 22.7 Å². The third-order valence-electron chi connectivity index (χ3n) is 7.54. The van der Waals surface area contributed by atoms with Crippen LogP contribution in [0.5, 0.6) is 0 Å². The summed E-state index contributed by atoms with van der Waals surface area (Å²) >= 11 is 6.16. The number of benzene rings is 2. The molecule has 39 heavy (non-hydrogen) atoms. The SMILES string of the molecule is Cc1[nH]c(C=C2C(=O)Nc3ccc(S(=O)(=O)N4CCc5ccc(Cl)cc54)cc32)c(C)c1C(=O)N1CCOCC1. The summed E-state index contributed by atoms with van der Waals surface area (Å²) in [6.07, 6.45) is 2.28. The van der Waals surface area contributed by atoms with Gasteiger partial charge in [0, 0.05) is 47.3 Å². The third-order valence-corrected chi connectivity index (χ3v) is 9.58. The van der Waals surface area contributed by atoms with Crippen molar-refractivity contribution in [2.75, 3.05) is 42.5 Å². The van der Waals surface area contributed by atoms with Crippen LogP contribution in [0.3, 0.4) is 0 Å². The zero-order chi connectivity index (χ0) is 27.5. The molecule has 3 aliphatic heterocycles. The van der Waals surface area contributed by atoms with Crippen molar-refractivity contribution in [3.8, 4) is 0 Å². The Morgan fingerprint density at radius 1 is 1.08 bits per heavy atom. The van der Waals surface area contributed by atoms with E-state index in [1.807, 2.05) is 19.9 Å². The molecule has 0 saturated carbocycles. The highest BCUT2D eigenvalue weighted by atomic mass is 35.5. The number of sulfonamides is 1. The highest BCUT2D eigenvalue weighted by molar-refractivity contribution is 7.92. The summed E-state index contributed by atoms with van der Waals surface area (Å²) in [6, 6.07) is 9.90. The Labute approximate surface area is 231 Å². The third kappa shape index (κ3) is 4.32. The van der Waals surface area contributed by atoms with Gasteiger partial charge in [-0.15, -0.1) is 0 Å². The van der Waals surface area contributed by atoms with Gasteiger partial charge in [0.15, 0.2) is 0 Å². The summed E-state index contributed by atoms with van der Waals surface area (Å²) in [7, 11) is -3.90. The lowest BCUT2D eigenvalue weighted by atomic mass is 10.0. The number of aryl methyl sites for hydroxylation is 1. The molecule has 11 heteroatoms. The lowest BCUT2D eigenvalue weighted by Crippen LogP contribution is -2.41. The summed E-state index contributed by atoms with van der Waals surface area (Å²) in [4.78, 5) is 31.3. The molecular formula is C28H27ClN4O5S. The van der Waals surface area contributed by atoms with Gasteiger partial charge >= 0.3 is 0 Å². The van der Waals surface area contributed by atoms with E-state index in [4.69, 9.17) is 16.3 Å². The molecule has 3 aromatic rings. The number of anilines is 2. The second-order valence-corrected chi connectivity index (χ2v) is 12.2. The number of aromatic amines is 1. The van der Waals surface area contributed by atoms with Crippen LogP contribution in [0.15, 0.2) is 41.3 Å². The number of amides is 2. The van der Waals surface area contributed by atoms with Crippen molar-refractivity contribution >= 4 is 56.5 Å². The number of hydrogen-bond acceptors (Lipinski definition) is 5. The van der Waals surface area contributed by atoms with E-state index in [9.17, 15) is 18.0 Å². The van der Waals surface area contributed by atoms with Crippen molar-refractivity contribution in [3.05, 3.63) is 75.1 Å². The lowest BCUT2D eigenvalue weighted by Gasteiger charge is -2.27. The van der Waals surface area contributed by atoms with Crippen molar-refractivity contribution in [2.24, 2.45) is 0 Å². The zero-order valence-electron chi connectivity index (χ0n) is 21.5. The first-order chi connectivity index (χ1) is 18.6. The van der Waals surface area contributed by atoms with Crippen LogP contribution in [-0.4, -0.2) is 63.0 Å². The Kier molecular flexibility index (Phi) is 6.28. The Bertz CT molecular complexity index is 1670. The molecule has 2 N–H and O–H groups in total. The fourth-order valence-electron chi connectivity index (χ4n) is 5.48. The number of H-pyrrole nitrogens is 1. The second kappa shape index (κ2) is 9.55. The molecule has 0 atom stereocenters. The van der Waals surface area contributed by atoms with Gasteiger partial charge in [0.05, 0.1) is 34.9 Å². The van der Waals surface area contributed by atoms with Crippen LogP contribution in [0.4, 0.5) is 11.4 Å². The summed E-state index contributed by atoms with van der Waals surface area (Å²) in [5.41, 5.74) is 5.46. The van der Waals surface area contributed by atoms with Crippen LogP contribution >= 0.6 is 11.6 Å². The summed E-state index contributed by atoms with van der Waals surface area (Å²) in [6.45, 7) is 6.05. The fraction of sp³-hybridized carbons (Fsp3) is 0.286. The molecule has 1 fully saturated rings. The van der Waals surface area contributed by atoms with E-state index in [2.05, 4.69) is 10.3 Å². The van der Waals surface area contributed by atoms with Gasteiger partial charge in [-0.25, -0.2) is 8.42 Å². The molecule has 2 aromatic carbocycles. The molecule has 2 amide bonds. The molecule has 4 heterocycles.